The third-order valence-electron chi connectivity index (χ3n) is 3.12. The van der Waals surface area contributed by atoms with Gasteiger partial charge >= 0.3 is 0 Å². The minimum Gasteiger partial charge on any atom is -0.376 e. The van der Waals surface area contributed by atoms with Gasteiger partial charge in [0.05, 0.1) is 11.6 Å². The lowest BCUT2D eigenvalue weighted by atomic mass is 10.2. The fourth-order valence-corrected chi connectivity index (χ4v) is 2.10. The lowest BCUT2D eigenvalue weighted by Gasteiger charge is -2.10. The maximum Gasteiger partial charge on any atom is 0.243 e. The zero-order chi connectivity index (χ0) is 17.5. The maximum atomic E-state index is 13.1. The average Bonchev–Trinajstić information content (AvgIpc) is 2.56. The summed E-state index contributed by atoms with van der Waals surface area (Å²) in [5.41, 5.74) is 1.71. The number of benzene rings is 2. The summed E-state index contributed by atoms with van der Waals surface area (Å²) in [6.07, 6.45) is 0.376. The summed E-state index contributed by atoms with van der Waals surface area (Å²) in [5.74, 6) is -0.902. The van der Waals surface area contributed by atoms with Gasteiger partial charge in [0, 0.05) is 23.5 Å². The largest absolute Gasteiger partial charge is 0.376 e. The van der Waals surface area contributed by atoms with Crippen LogP contribution >= 0.6 is 11.6 Å². The highest BCUT2D eigenvalue weighted by atomic mass is 35.5. The quantitative estimate of drug-likeness (QED) is 0.741. The molecule has 0 saturated carbocycles. The Morgan fingerprint density at radius 2 is 1.67 bits per heavy atom. The van der Waals surface area contributed by atoms with E-state index in [1.807, 2.05) is 0 Å². The van der Waals surface area contributed by atoms with E-state index in [2.05, 4.69) is 16.0 Å². The Kier molecular flexibility index (Phi) is 6.14. The summed E-state index contributed by atoms with van der Waals surface area (Å²) in [6.45, 7) is 1.75. The Morgan fingerprint density at radius 3 is 2.29 bits per heavy atom. The topological polar surface area (TPSA) is 70.2 Å². The van der Waals surface area contributed by atoms with Gasteiger partial charge in [-0.15, -0.1) is 0 Å². The van der Waals surface area contributed by atoms with Crippen molar-refractivity contribution in [1.82, 2.24) is 0 Å². The molecular formula is C17H17ClFN3O2. The third kappa shape index (κ3) is 5.24. The van der Waals surface area contributed by atoms with Crippen LogP contribution in [0.5, 0.6) is 0 Å². The number of anilines is 3. The van der Waals surface area contributed by atoms with Gasteiger partial charge in [0.2, 0.25) is 11.8 Å². The SMILES string of the molecule is CCC(=O)Nc1cccc(NC(=O)CNc2ccc(F)c(Cl)c2)c1. The van der Waals surface area contributed by atoms with E-state index in [-0.39, 0.29) is 23.4 Å². The Morgan fingerprint density at radius 1 is 1.00 bits per heavy atom. The molecule has 0 bridgehead atoms. The number of hydrogen-bond acceptors (Lipinski definition) is 3. The van der Waals surface area contributed by atoms with Crippen LogP contribution in [0, 0.1) is 5.82 Å². The summed E-state index contributed by atoms with van der Waals surface area (Å²) < 4.78 is 13.1. The molecule has 0 aliphatic heterocycles. The molecule has 126 valence electrons. The van der Waals surface area contributed by atoms with E-state index in [0.717, 1.165) is 0 Å². The van der Waals surface area contributed by atoms with E-state index >= 15 is 0 Å². The molecule has 0 aromatic heterocycles. The molecule has 2 aromatic rings. The van der Waals surface area contributed by atoms with E-state index in [9.17, 15) is 14.0 Å². The van der Waals surface area contributed by atoms with E-state index in [0.29, 0.717) is 23.5 Å². The molecular weight excluding hydrogens is 333 g/mol. The highest BCUT2D eigenvalue weighted by Gasteiger charge is 2.06. The number of hydrogen-bond donors (Lipinski definition) is 3. The molecule has 0 saturated heterocycles. The fourth-order valence-electron chi connectivity index (χ4n) is 1.92. The summed E-state index contributed by atoms with van der Waals surface area (Å²) in [6, 6.07) is 11.0. The molecule has 2 amide bonds. The van der Waals surface area contributed by atoms with Crippen LogP contribution in [0.3, 0.4) is 0 Å². The predicted octanol–water partition coefficient (Wildman–Crippen LogP) is 3.88. The van der Waals surface area contributed by atoms with Crippen LogP contribution < -0.4 is 16.0 Å². The van der Waals surface area contributed by atoms with Crippen LogP contribution in [0.4, 0.5) is 21.5 Å². The van der Waals surface area contributed by atoms with Crippen LogP contribution in [0.15, 0.2) is 42.5 Å². The lowest BCUT2D eigenvalue weighted by molar-refractivity contribution is -0.116. The summed E-state index contributed by atoms with van der Waals surface area (Å²) in [5, 5.41) is 8.27. The molecule has 3 N–H and O–H groups in total. The van der Waals surface area contributed by atoms with Gasteiger partial charge < -0.3 is 16.0 Å². The average molecular weight is 350 g/mol. The second-order valence-electron chi connectivity index (χ2n) is 5.01. The minimum atomic E-state index is -0.516. The zero-order valence-electron chi connectivity index (χ0n) is 13.0. The zero-order valence-corrected chi connectivity index (χ0v) is 13.8. The van der Waals surface area contributed by atoms with Crippen molar-refractivity contribution < 1.29 is 14.0 Å². The maximum absolute atomic E-state index is 13.1. The van der Waals surface area contributed by atoms with Gasteiger partial charge in [-0.05, 0) is 36.4 Å². The Hall–Kier alpha value is -2.60. The second kappa shape index (κ2) is 8.31. The van der Waals surface area contributed by atoms with Gasteiger partial charge in [-0.3, -0.25) is 9.59 Å². The van der Waals surface area contributed by atoms with Crippen LogP contribution in [-0.2, 0) is 9.59 Å². The number of carbonyl (C=O) groups is 2. The van der Waals surface area contributed by atoms with E-state index in [1.165, 1.54) is 18.2 Å². The summed E-state index contributed by atoms with van der Waals surface area (Å²) in [7, 11) is 0. The van der Waals surface area contributed by atoms with Gasteiger partial charge in [0.1, 0.15) is 5.82 Å². The van der Waals surface area contributed by atoms with Crippen molar-refractivity contribution >= 4 is 40.5 Å². The fraction of sp³-hybridized carbons (Fsp3) is 0.176. The van der Waals surface area contributed by atoms with Crippen LogP contribution in [-0.4, -0.2) is 18.4 Å². The molecule has 2 aromatic carbocycles. The van der Waals surface area contributed by atoms with Gasteiger partial charge in [-0.1, -0.05) is 24.6 Å². The molecule has 0 aliphatic carbocycles. The number of rotatable bonds is 6. The van der Waals surface area contributed by atoms with Crippen molar-refractivity contribution in [3.63, 3.8) is 0 Å². The van der Waals surface area contributed by atoms with Crippen molar-refractivity contribution in [1.29, 1.82) is 0 Å². The second-order valence-corrected chi connectivity index (χ2v) is 5.42. The number of halogens is 2. The van der Waals surface area contributed by atoms with Gasteiger partial charge in [0.25, 0.3) is 0 Å². The van der Waals surface area contributed by atoms with Crippen LogP contribution in [0.25, 0.3) is 0 Å². The van der Waals surface area contributed by atoms with E-state index in [4.69, 9.17) is 11.6 Å². The summed E-state index contributed by atoms with van der Waals surface area (Å²) >= 11 is 5.68. The number of nitrogens with one attached hydrogen (secondary N) is 3. The molecule has 0 heterocycles. The first-order valence-electron chi connectivity index (χ1n) is 7.36. The van der Waals surface area contributed by atoms with Crippen molar-refractivity contribution in [3.8, 4) is 0 Å². The van der Waals surface area contributed by atoms with E-state index < -0.39 is 5.82 Å². The molecule has 7 heteroatoms. The van der Waals surface area contributed by atoms with Crippen molar-refractivity contribution in [2.75, 3.05) is 22.5 Å². The molecule has 0 aliphatic rings. The standard InChI is InChI=1S/C17H17ClFN3O2/c1-2-16(23)21-12-4-3-5-13(8-12)22-17(24)10-20-11-6-7-15(19)14(18)9-11/h3-9,20H,2,10H2,1H3,(H,21,23)(H,22,24). The highest BCUT2D eigenvalue weighted by molar-refractivity contribution is 6.31. The monoisotopic (exact) mass is 349 g/mol. The molecule has 2 rings (SSSR count). The molecule has 0 spiro atoms. The highest BCUT2D eigenvalue weighted by Crippen LogP contribution is 2.19. The third-order valence-corrected chi connectivity index (χ3v) is 3.41. The summed E-state index contributed by atoms with van der Waals surface area (Å²) in [4.78, 5) is 23.3. The molecule has 24 heavy (non-hydrogen) atoms. The van der Waals surface area contributed by atoms with E-state index in [1.54, 1.807) is 31.2 Å². The number of carbonyl (C=O) groups excluding carboxylic acids is 2. The predicted molar refractivity (Wildman–Crippen MR) is 93.9 cm³/mol. The first-order chi connectivity index (χ1) is 11.5. The Labute approximate surface area is 144 Å². The van der Waals surface area contributed by atoms with Crippen LogP contribution in [0.2, 0.25) is 5.02 Å². The normalized spacial score (nSPS) is 10.1. The smallest absolute Gasteiger partial charge is 0.243 e. The Bertz CT molecular complexity index is 752. The molecule has 5 nitrogen and oxygen atoms in total. The van der Waals surface area contributed by atoms with Crippen molar-refractivity contribution in [2.45, 2.75) is 13.3 Å². The van der Waals surface area contributed by atoms with Gasteiger partial charge in [0.15, 0.2) is 0 Å². The first-order valence-corrected chi connectivity index (χ1v) is 7.74. The van der Waals surface area contributed by atoms with Gasteiger partial charge in [-0.2, -0.15) is 0 Å². The molecule has 0 fully saturated rings. The Balaban J connectivity index is 1.91. The number of amides is 2. The van der Waals surface area contributed by atoms with Crippen molar-refractivity contribution in [2.24, 2.45) is 0 Å². The van der Waals surface area contributed by atoms with Crippen molar-refractivity contribution in [3.05, 3.63) is 53.3 Å². The molecule has 0 unspecified atom stereocenters. The molecule has 0 radical (unpaired) electrons. The van der Waals surface area contributed by atoms with Crippen LogP contribution in [0.1, 0.15) is 13.3 Å². The lowest BCUT2D eigenvalue weighted by Crippen LogP contribution is -2.21. The first kappa shape index (κ1) is 17.7. The molecule has 0 atom stereocenters. The minimum absolute atomic E-state index is 0.00644. The van der Waals surface area contributed by atoms with Gasteiger partial charge in [-0.25, -0.2) is 4.39 Å².